The molecule has 100 valence electrons. The van der Waals surface area contributed by atoms with Crippen molar-refractivity contribution in [1.29, 1.82) is 0 Å². The van der Waals surface area contributed by atoms with Crippen molar-refractivity contribution in [3.8, 4) is 0 Å². The summed E-state index contributed by atoms with van der Waals surface area (Å²) < 4.78 is 28.6. The van der Waals surface area contributed by atoms with E-state index >= 15 is 0 Å². The van der Waals surface area contributed by atoms with Crippen LogP contribution >= 0.6 is 0 Å². The number of benzene rings is 1. The van der Waals surface area contributed by atoms with Gasteiger partial charge in [-0.25, -0.2) is 13.2 Å². The van der Waals surface area contributed by atoms with Crippen molar-refractivity contribution in [2.24, 2.45) is 0 Å². The summed E-state index contributed by atoms with van der Waals surface area (Å²) >= 11 is 0. The molecule has 1 N–H and O–H groups in total. The zero-order valence-corrected chi connectivity index (χ0v) is 10.7. The summed E-state index contributed by atoms with van der Waals surface area (Å²) in [7, 11) is -3.70. The Bertz CT molecular complexity index is 707. The van der Waals surface area contributed by atoms with E-state index in [1.54, 1.807) is 6.92 Å². The lowest BCUT2D eigenvalue weighted by Crippen LogP contribution is -2.09. The maximum Gasteiger partial charge on any atom is 0.335 e. The van der Waals surface area contributed by atoms with Crippen molar-refractivity contribution >= 4 is 15.8 Å². The summed E-state index contributed by atoms with van der Waals surface area (Å²) in [5.74, 6) is -1.59. The van der Waals surface area contributed by atoms with E-state index in [1.807, 2.05) is 0 Å². The van der Waals surface area contributed by atoms with Crippen molar-refractivity contribution in [3.05, 3.63) is 41.5 Å². The molecule has 0 radical (unpaired) electrons. The number of rotatable bonds is 4. The highest BCUT2D eigenvalue weighted by Crippen LogP contribution is 2.19. The van der Waals surface area contributed by atoms with Gasteiger partial charge in [0, 0.05) is 0 Å². The summed E-state index contributed by atoms with van der Waals surface area (Å²) in [5, 5.41) is 12.4. The van der Waals surface area contributed by atoms with Crippen LogP contribution in [-0.4, -0.2) is 29.6 Å². The Morgan fingerprint density at radius 3 is 2.74 bits per heavy atom. The molecule has 7 nitrogen and oxygen atoms in total. The molecule has 2 rings (SSSR count). The van der Waals surface area contributed by atoms with Crippen LogP contribution in [-0.2, 0) is 15.6 Å². The van der Waals surface area contributed by atoms with E-state index in [0.717, 1.165) is 12.5 Å². The van der Waals surface area contributed by atoms with Crippen LogP contribution in [0.2, 0.25) is 0 Å². The number of nitrogens with zero attached hydrogens (tertiary/aromatic N) is 2. The van der Waals surface area contributed by atoms with E-state index in [0.29, 0.717) is 5.56 Å². The van der Waals surface area contributed by atoms with Gasteiger partial charge >= 0.3 is 5.97 Å². The molecule has 0 unspecified atom stereocenters. The highest BCUT2D eigenvalue weighted by molar-refractivity contribution is 7.90. The summed E-state index contributed by atoms with van der Waals surface area (Å²) in [4.78, 5) is 14.5. The first kappa shape index (κ1) is 13.2. The van der Waals surface area contributed by atoms with Crippen LogP contribution in [0.25, 0.3) is 0 Å². The number of hydrogen-bond acceptors (Lipinski definition) is 6. The zero-order valence-electron chi connectivity index (χ0n) is 9.90. The van der Waals surface area contributed by atoms with Gasteiger partial charge in [-0.05, 0) is 24.6 Å². The van der Waals surface area contributed by atoms with E-state index in [9.17, 15) is 13.2 Å². The van der Waals surface area contributed by atoms with Gasteiger partial charge in [-0.2, -0.15) is 4.98 Å². The van der Waals surface area contributed by atoms with Gasteiger partial charge in [0.2, 0.25) is 6.39 Å². The minimum Gasteiger partial charge on any atom is -0.478 e. The Kier molecular flexibility index (Phi) is 3.34. The Morgan fingerprint density at radius 1 is 1.42 bits per heavy atom. The first-order valence-corrected chi connectivity index (χ1v) is 6.87. The molecule has 0 spiro atoms. The lowest BCUT2D eigenvalue weighted by molar-refractivity contribution is 0.0696. The van der Waals surface area contributed by atoms with Gasteiger partial charge in [-0.1, -0.05) is 11.2 Å². The van der Waals surface area contributed by atoms with Gasteiger partial charge < -0.3 is 9.63 Å². The second kappa shape index (κ2) is 4.81. The number of sulfone groups is 1. The highest BCUT2D eigenvalue weighted by atomic mass is 32.2. The fourth-order valence-corrected chi connectivity index (χ4v) is 2.74. The molecule has 0 aliphatic rings. The van der Waals surface area contributed by atoms with Gasteiger partial charge in [-0.15, -0.1) is 0 Å². The van der Waals surface area contributed by atoms with Crippen molar-refractivity contribution in [2.75, 3.05) is 0 Å². The van der Waals surface area contributed by atoms with Crippen LogP contribution in [0.15, 0.2) is 34.0 Å². The zero-order chi connectivity index (χ0) is 14.0. The molecule has 19 heavy (non-hydrogen) atoms. The summed E-state index contributed by atoms with van der Waals surface area (Å²) in [5.41, 5.74) is 0.445. The Labute approximate surface area is 108 Å². The van der Waals surface area contributed by atoms with Crippen LogP contribution in [0.4, 0.5) is 0 Å². The Morgan fingerprint density at radius 2 is 2.16 bits per heavy atom. The number of aromatic carboxylic acids is 1. The molecule has 0 amide bonds. The second-order valence-electron chi connectivity index (χ2n) is 3.89. The number of carboxylic acid groups (broad SMARTS) is 1. The van der Waals surface area contributed by atoms with E-state index in [4.69, 9.17) is 5.11 Å². The highest BCUT2D eigenvalue weighted by Gasteiger charge is 2.20. The van der Waals surface area contributed by atoms with Gasteiger partial charge in [0.05, 0.1) is 10.5 Å². The van der Waals surface area contributed by atoms with E-state index in [2.05, 4.69) is 14.7 Å². The topological polar surface area (TPSA) is 110 Å². The molecule has 0 bridgehead atoms. The second-order valence-corrected chi connectivity index (χ2v) is 5.88. The van der Waals surface area contributed by atoms with Crippen molar-refractivity contribution in [2.45, 2.75) is 17.6 Å². The Balaban J connectivity index is 2.41. The molecule has 0 aliphatic carbocycles. The minimum absolute atomic E-state index is 0.0254. The average molecular weight is 282 g/mol. The van der Waals surface area contributed by atoms with Gasteiger partial charge in [0.15, 0.2) is 15.7 Å². The van der Waals surface area contributed by atoms with Crippen LogP contribution in [0.5, 0.6) is 0 Å². The fourth-order valence-electron chi connectivity index (χ4n) is 1.53. The quantitative estimate of drug-likeness (QED) is 0.892. The van der Waals surface area contributed by atoms with Gasteiger partial charge in [-0.3, -0.25) is 0 Å². The monoisotopic (exact) mass is 282 g/mol. The number of carbonyl (C=O) groups is 1. The SMILES string of the molecule is Cc1ccc(S(=O)(=O)Cc2ncon2)cc1C(=O)O. The smallest absolute Gasteiger partial charge is 0.335 e. The number of carboxylic acids is 1. The number of aryl methyl sites for hydroxylation is 1. The molecule has 1 aromatic heterocycles. The molecule has 8 heteroatoms. The third-order valence-corrected chi connectivity index (χ3v) is 4.14. The predicted octanol–water partition coefficient (Wildman–Crippen LogP) is 1.05. The van der Waals surface area contributed by atoms with Crippen LogP contribution in [0, 0.1) is 6.92 Å². The molecule has 1 aromatic carbocycles. The molecule has 0 atom stereocenters. The summed E-state index contributed by atoms with van der Waals surface area (Å²) in [6.45, 7) is 1.60. The predicted molar refractivity (Wildman–Crippen MR) is 63.3 cm³/mol. The first-order valence-electron chi connectivity index (χ1n) is 5.22. The molecular formula is C11H10N2O5S. The standard InChI is InChI=1S/C11H10N2O5S/c1-7-2-3-8(4-9(7)11(14)15)19(16,17)5-10-12-6-18-13-10/h2-4,6H,5H2,1H3,(H,14,15). The lowest BCUT2D eigenvalue weighted by atomic mass is 10.1. The Hall–Kier alpha value is -2.22. The van der Waals surface area contributed by atoms with Crippen molar-refractivity contribution in [3.63, 3.8) is 0 Å². The van der Waals surface area contributed by atoms with Gasteiger partial charge in [0.25, 0.3) is 0 Å². The summed E-state index contributed by atoms with van der Waals surface area (Å²) in [6.07, 6.45) is 1.03. The lowest BCUT2D eigenvalue weighted by Gasteiger charge is -2.05. The van der Waals surface area contributed by atoms with Crippen molar-refractivity contribution < 1.29 is 22.8 Å². The molecule has 0 fully saturated rings. The maximum absolute atomic E-state index is 12.1. The van der Waals surface area contributed by atoms with Crippen LogP contribution in [0.1, 0.15) is 21.7 Å². The molecule has 1 heterocycles. The summed E-state index contributed by atoms with van der Waals surface area (Å²) in [6, 6.07) is 3.94. The minimum atomic E-state index is -3.70. The first-order chi connectivity index (χ1) is 8.90. The van der Waals surface area contributed by atoms with Crippen LogP contribution < -0.4 is 0 Å². The van der Waals surface area contributed by atoms with E-state index in [1.165, 1.54) is 12.1 Å². The van der Waals surface area contributed by atoms with Gasteiger partial charge in [0.1, 0.15) is 5.75 Å². The molecular weight excluding hydrogens is 272 g/mol. The maximum atomic E-state index is 12.1. The van der Waals surface area contributed by atoms with E-state index in [-0.39, 0.29) is 16.3 Å². The average Bonchev–Trinajstić information content (AvgIpc) is 2.80. The molecule has 0 saturated carbocycles. The third-order valence-electron chi connectivity index (χ3n) is 2.52. The number of aromatic nitrogens is 2. The molecule has 0 aliphatic heterocycles. The fraction of sp³-hybridized carbons (Fsp3) is 0.182. The largest absolute Gasteiger partial charge is 0.478 e. The van der Waals surface area contributed by atoms with E-state index < -0.39 is 21.6 Å². The number of hydrogen-bond donors (Lipinski definition) is 1. The van der Waals surface area contributed by atoms with Crippen LogP contribution in [0.3, 0.4) is 0 Å². The van der Waals surface area contributed by atoms with Crippen molar-refractivity contribution in [1.82, 2.24) is 10.1 Å². The third kappa shape index (κ3) is 2.79. The molecule has 2 aromatic rings. The normalized spacial score (nSPS) is 11.4. The molecule has 0 saturated heterocycles.